The number of aliphatic hydroxyl groups excluding tert-OH is 1. The first kappa shape index (κ1) is 20.8. The van der Waals surface area contributed by atoms with E-state index in [1.807, 2.05) is 17.5 Å². The van der Waals surface area contributed by atoms with Crippen LogP contribution in [-0.4, -0.2) is 28.8 Å². The average molecular weight is 437 g/mol. The van der Waals surface area contributed by atoms with Crippen LogP contribution in [0.3, 0.4) is 0 Å². The SMILES string of the molecule is COc1ccccc1C1/C(=C(\O)c2ccc(F)c(C)c2)C(=O)C(=O)N1Cc1cccs1. The average Bonchev–Trinajstić information content (AvgIpc) is 3.37. The van der Waals surface area contributed by atoms with Crippen LogP contribution in [0.25, 0.3) is 5.76 Å². The summed E-state index contributed by atoms with van der Waals surface area (Å²) in [6.45, 7) is 1.78. The molecule has 0 bridgehead atoms. The molecule has 5 nitrogen and oxygen atoms in total. The Kier molecular flexibility index (Phi) is 5.61. The Bertz CT molecular complexity index is 1190. The van der Waals surface area contributed by atoms with Gasteiger partial charge in [0.1, 0.15) is 17.3 Å². The number of methoxy groups -OCH3 is 1. The van der Waals surface area contributed by atoms with E-state index < -0.39 is 23.5 Å². The van der Waals surface area contributed by atoms with Gasteiger partial charge in [-0.25, -0.2) is 4.39 Å². The van der Waals surface area contributed by atoms with Crippen molar-refractivity contribution in [3.05, 3.63) is 92.9 Å². The number of amides is 1. The van der Waals surface area contributed by atoms with Gasteiger partial charge in [-0.3, -0.25) is 9.59 Å². The molecule has 1 aliphatic heterocycles. The Morgan fingerprint density at radius 3 is 2.61 bits per heavy atom. The molecule has 158 valence electrons. The molecule has 2 aromatic carbocycles. The van der Waals surface area contributed by atoms with E-state index >= 15 is 0 Å². The molecular weight excluding hydrogens is 417 g/mol. The van der Waals surface area contributed by atoms with Crippen molar-refractivity contribution < 1.29 is 23.8 Å². The van der Waals surface area contributed by atoms with Crippen LogP contribution in [0.5, 0.6) is 5.75 Å². The van der Waals surface area contributed by atoms with Crippen LogP contribution in [-0.2, 0) is 16.1 Å². The van der Waals surface area contributed by atoms with E-state index in [-0.39, 0.29) is 23.4 Å². The minimum absolute atomic E-state index is 0.0444. The van der Waals surface area contributed by atoms with Gasteiger partial charge in [0, 0.05) is 16.0 Å². The first-order chi connectivity index (χ1) is 14.9. The molecule has 7 heteroatoms. The number of para-hydroxylation sites is 1. The molecule has 0 radical (unpaired) electrons. The molecule has 1 aromatic heterocycles. The lowest BCUT2D eigenvalue weighted by Crippen LogP contribution is -2.29. The zero-order valence-corrected chi connectivity index (χ0v) is 17.8. The summed E-state index contributed by atoms with van der Waals surface area (Å²) in [5.74, 6) is -1.76. The maximum atomic E-state index is 13.7. The highest BCUT2D eigenvalue weighted by Gasteiger charge is 2.47. The molecular formula is C24H20FNO4S. The fourth-order valence-electron chi connectivity index (χ4n) is 3.78. The summed E-state index contributed by atoms with van der Waals surface area (Å²) in [4.78, 5) is 28.4. The zero-order chi connectivity index (χ0) is 22.1. The van der Waals surface area contributed by atoms with E-state index in [1.165, 1.54) is 41.5 Å². The van der Waals surface area contributed by atoms with Gasteiger partial charge in [-0.05, 0) is 48.2 Å². The largest absolute Gasteiger partial charge is 0.507 e. The van der Waals surface area contributed by atoms with Crippen molar-refractivity contribution in [3.63, 3.8) is 0 Å². The molecule has 31 heavy (non-hydrogen) atoms. The molecule has 4 rings (SSSR count). The maximum absolute atomic E-state index is 13.7. The lowest BCUT2D eigenvalue weighted by atomic mass is 9.94. The molecule has 1 atom stereocenters. The van der Waals surface area contributed by atoms with Crippen molar-refractivity contribution in [1.29, 1.82) is 0 Å². The molecule has 1 amide bonds. The number of ketones is 1. The summed E-state index contributed by atoms with van der Waals surface area (Å²) >= 11 is 1.47. The second kappa shape index (κ2) is 8.35. The lowest BCUT2D eigenvalue weighted by molar-refractivity contribution is -0.140. The minimum atomic E-state index is -0.844. The Labute approximate surface area is 183 Å². The van der Waals surface area contributed by atoms with Gasteiger partial charge in [-0.15, -0.1) is 11.3 Å². The number of hydrogen-bond acceptors (Lipinski definition) is 5. The van der Waals surface area contributed by atoms with Gasteiger partial charge in [0.25, 0.3) is 11.7 Å². The quantitative estimate of drug-likeness (QED) is 0.353. The van der Waals surface area contributed by atoms with Gasteiger partial charge >= 0.3 is 0 Å². The van der Waals surface area contributed by atoms with E-state index in [1.54, 1.807) is 31.2 Å². The summed E-state index contributed by atoms with van der Waals surface area (Å²) in [5, 5.41) is 13.0. The number of hydrogen-bond donors (Lipinski definition) is 1. The number of thiophene rings is 1. The Morgan fingerprint density at radius 1 is 1.16 bits per heavy atom. The van der Waals surface area contributed by atoms with Crippen LogP contribution in [0.4, 0.5) is 4.39 Å². The second-order valence-corrected chi connectivity index (χ2v) is 8.24. The number of carbonyl (C=O) groups excluding carboxylic acids is 2. The van der Waals surface area contributed by atoms with Crippen molar-refractivity contribution in [2.24, 2.45) is 0 Å². The molecule has 3 aromatic rings. The number of aliphatic hydroxyl groups is 1. The summed E-state index contributed by atoms with van der Waals surface area (Å²) in [7, 11) is 1.51. The standard InChI is InChI=1S/C24H20FNO4S/c1-14-12-15(9-10-18(14)25)22(27)20-21(17-7-3-4-8-19(17)30-2)26(24(29)23(20)28)13-16-6-5-11-31-16/h3-12,21,27H,13H2,1-2H3/b22-20+. The summed E-state index contributed by atoms with van der Waals surface area (Å²) in [5.41, 5.74) is 1.14. The monoisotopic (exact) mass is 437 g/mol. The first-order valence-electron chi connectivity index (χ1n) is 9.62. The number of benzene rings is 2. The van der Waals surface area contributed by atoms with E-state index in [2.05, 4.69) is 0 Å². The highest BCUT2D eigenvalue weighted by Crippen LogP contribution is 2.43. The fourth-order valence-corrected chi connectivity index (χ4v) is 4.48. The lowest BCUT2D eigenvalue weighted by Gasteiger charge is -2.26. The fraction of sp³-hybridized carbons (Fsp3) is 0.167. The molecule has 1 fully saturated rings. The smallest absolute Gasteiger partial charge is 0.295 e. The van der Waals surface area contributed by atoms with Crippen molar-refractivity contribution >= 4 is 28.8 Å². The number of halogens is 1. The predicted molar refractivity (Wildman–Crippen MR) is 116 cm³/mol. The van der Waals surface area contributed by atoms with Crippen molar-refractivity contribution in [2.45, 2.75) is 19.5 Å². The van der Waals surface area contributed by atoms with Crippen LogP contribution in [0, 0.1) is 12.7 Å². The van der Waals surface area contributed by atoms with Crippen molar-refractivity contribution in [2.75, 3.05) is 7.11 Å². The Morgan fingerprint density at radius 2 is 1.94 bits per heavy atom. The highest BCUT2D eigenvalue weighted by molar-refractivity contribution is 7.09. The van der Waals surface area contributed by atoms with E-state index in [0.29, 0.717) is 16.9 Å². The summed E-state index contributed by atoms with van der Waals surface area (Å²) in [6.07, 6.45) is 0. The van der Waals surface area contributed by atoms with Gasteiger partial charge in [0.05, 0.1) is 25.3 Å². The van der Waals surface area contributed by atoms with Gasteiger partial charge < -0.3 is 14.7 Å². The van der Waals surface area contributed by atoms with Gasteiger partial charge in [-0.1, -0.05) is 24.3 Å². The molecule has 1 saturated heterocycles. The Balaban J connectivity index is 1.92. The van der Waals surface area contributed by atoms with Crippen molar-refractivity contribution in [3.8, 4) is 5.75 Å². The molecule has 1 unspecified atom stereocenters. The zero-order valence-electron chi connectivity index (χ0n) is 17.0. The van der Waals surface area contributed by atoms with E-state index in [4.69, 9.17) is 4.74 Å². The van der Waals surface area contributed by atoms with Gasteiger partial charge in [-0.2, -0.15) is 0 Å². The van der Waals surface area contributed by atoms with E-state index in [9.17, 15) is 19.1 Å². The molecule has 0 saturated carbocycles. The van der Waals surface area contributed by atoms with Crippen LogP contribution in [0.1, 0.15) is 27.6 Å². The number of rotatable bonds is 5. The number of aryl methyl sites for hydroxylation is 1. The highest BCUT2D eigenvalue weighted by atomic mass is 32.1. The molecule has 0 aliphatic carbocycles. The summed E-state index contributed by atoms with van der Waals surface area (Å²) in [6, 6.07) is 14.1. The van der Waals surface area contributed by atoms with E-state index in [0.717, 1.165) is 4.88 Å². The number of nitrogens with zero attached hydrogens (tertiary/aromatic N) is 1. The van der Waals surface area contributed by atoms with Crippen LogP contribution >= 0.6 is 11.3 Å². The van der Waals surface area contributed by atoms with Crippen molar-refractivity contribution in [1.82, 2.24) is 4.90 Å². The Hall–Kier alpha value is -3.45. The normalized spacial score (nSPS) is 17.9. The third kappa shape index (κ3) is 3.72. The van der Waals surface area contributed by atoms with Crippen LogP contribution < -0.4 is 4.74 Å². The minimum Gasteiger partial charge on any atom is -0.507 e. The third-order valence-corrected chi connectivity index (χ3v) is 6.17. The maximum Gasteiger partial charge on any atom is 0.295 e. The topological polar surface area (TPSA) is 66.8 Å². The number of Topliss-reactive ketones (excluding diaryl/α,β-unsaturated/α-hetero) is 1. The van der Waals surface area contributed by atoms with Gasteiger partial charge in [0.15, 0.2) is 0 Å². The number of ether oxygens (including phenoxy) is 1. The third-order valence-electron chi connectivity index (χ3n) is 5.31. The molecule has 0 spiro atoms. The van der Waals surface area contributed by atoms with Gasteiger partial charge in [0.2, 0.25) is 0 Å². The number of likely N-dealkylation sites (tertiary alicyclic amines) is 1. The first-order valence-corrected chi connectivity index (χ1v) is 10.5. The second-order valence-electron chi connectivity index (χ2n) is 7.21. The number of carbonyl (C=O) groups is 2. The summed E-state index contributed by atoms with van der Waals surface area (Å²) < 4.78 is 19.2. The molecule has 2 heterocycles. The molecule has 1 aliphatic rings. The van der Waals surface area contributed by atoms with Crippen LogP contribution in [0.15, 0.2) is 65.6 Å². The van der Waals surface area contributed by atoms with Crippen LogP contribution in [0.2, 0.25) is 0 Å². The molecule has 1 N–H and O–H groups in total. The predicted octanol–water partition coefficient (Wildman–Crippen LogP) is 4.83.